The predicted octanol–water partition coefficient (Wildman–Crippen LogP) is 0.259. The number of esters is 1. The third-order valence-electron chi connectivity index (χ3n) is 3.11. The van der Waals surface area contributed by atoms with E-state index >= 15 is 0 Å². The summed E-state index contributed by atoms with van der Waals surface area (Å²) in [5.74, 6) is -0.241. The summed E-state index contributed by atoms with van der Waals surface area (Å²) in [6, 6.07) is 0. The normalized spacial score (nSPS) is 11.0. The zero-order chi connectivity index (χ0) is 19.8. The summed E-state index contributed by atoms with van der Waals surface area (Å²) in [6.45, 7) is 9.30. The van der Waals surface area contributed by atoms with Crippen LogP contribution in [0, 0.1) is 0 Å². The van der Waals surface area contributed by atoms with Gasteiger partial charge in [-0.05, 0) is 14.0 Å². The van der Waals surface area contributed by atoms with E-state index < -0.39 is 0 Å². The molecule has 0 atom stereocenters. The third-order valence-corrected chi connectivity index (χ3v) is 3.11. The Balaban J connectivity index is 3.02. The molecule has 162 valence electrons. The Labute approximate surface area is 162 Å². The molecule has 0 spiro atoms. The Kier molecular flexibility index (Phi) is 22.5. The van der Waals surface area contributed by atoms with Crippen molar-refractivity contribution < 1.29 is 38.0 Å². The quantitative estimate of drug-likeness (QED) is 0.205. The minimum atomic E-state index is -0.241. The van der Waals surface area contributed by atoms with Crippen molar-refractivity contribution in [2.24, 2.45) is 0 Å². The minimum absolute atomic E-state index is 0.241. The Morgan fingerprint density at radius 1 is 0.630 bits per heavy atom. The molecule has 0 aromatic heterocycles. The molecule has 0 saturated heterocycles. The van der Waals surface area contributed by atoms with Gasteiger partial charge in [-0.2, -0.15) is 0 Å². The van der Waals surface area contributed by atoms with Crippen molar-refractivity contribution >= 4 is 5.97 Å². The first-order valence-corrected chi connectivity index (χ1v) is 9.58. The van der Waals surface area contributed by atoms with E-state index in [0.29, 0.717) is 85.9 Å². The molecule has 0 aliphatic rings. The Morgan fingerprint density at radius 3 is 1.37 bits per heavy atom. The maximum absolute atomic E-state index is 11.1. The molecule has 0 radical (unpaired) electrons. The number of rotatable bonds is 22. The van der Waals surface area contributed by atoms with Crippen LogP contribution in [0.3, 0.4) is 0 Å². The van der Waals surface area contributed by atoms with E-state index in [9.17, 15) is 4.79 Å². The molecule has 0 unspecified atom stereocenters. The number of carbonyl (C=O) groups excluding carboxylic acids is 1. The molecule has 0 fully saturated rings. The molecule has 9 nitrogen and oxygen atoms in total. The number of hydrogen-bond acceptors (Lipinski definition) is 9. The Morgan fingerprint density at radius 2 is 1.00 bits per heavy atom. The molecule has 0 amide bonds. The van der Waals surface area contributed by atoms with Gasteiger partial charge in [0, 0.05) is 6.54 Å². The van der Waals surface area contributed by atoms with E-state index in [0.717, 1.165) is 6.54 Å². The summed E-state index contributed by atoms with van der Waals surface area (Å²) in [5.41, 5.74) is 0. The summed E-state index contributed by atoms with van der Waals surface area (Å²) >= 11 is 0. The zero-order valence-electron chi connectivity index (χ0n) is 16.9. The van der Waals surface area contributed by atoms with Crippen molar-refractivity contribution in [1.82, 2.24) is 5.32 Å². The van der Waals surface area contributed by atoms with Gasteiger partial charge in [-0.3, -0.25) is 4.79 Å². The van der Waals surface area contributed by atoms with Gasteiger partial charge in [0.25, 0.3) is 0 Å². The molecule has 1 N–H and O–H groups in total. The van der Waals surface area contributed by atoms with Crippen molar-refractivity contribution in [1.29, 1.82) is 0 Å². The number of ether oxygens (including phenoxy) is 7. The average molecular weight is 395 g/mol. The fourth-order valence-corrected chi connectivity index (χ4v) is 1.76. The first-order valence-electron chi connectivity index (χ1n) is 9.58. The van der Waals surface area contributed by atoms with E-state index in [1.807, 2.05) is 7.05 Å². The van der Waals surface area contributed by atoms with Gasteiger partial charge < -0.3 is 38.5 Å². The second-order valence-electron chi connectivity index (χ2n) is 5.33. The number of likely N-dealkylation sites (N-methyl/N-ethyl adjacent to an activating group) is 1. The largest absolute Gasteiger partial charge is 0.466 e. The number of nitrogens with one attached hydrogen (secondary N) is 1. The van der Waals surface area contributed by atoms with Crippen LogP contribution in [0.1, 0.15) is 13.3 Å². The second-order valence-corrected chi connectivity index (χ2v) is 5.33. The van der Waals surface area contributed by atoms with Crippen molar-refractivity contribution in [2.75, 3.05) is 99.5 Å². The van der Waals surface area contributed by atoms with Crippen molar-refractivity contribution in [3.63, 3.8) is 0 Å². The van der Waals surface area contributed by atoms with Crippen LogP contribution in [0.4, 0.5) is 0 Å². The van der Waals surface area contributed by atoms with Gasteiger partial charge in [0.1, 0.15) is 0 Å². The minimum Gasteiger partial charge on any atom is -0.466 e. The van der Waals surface area contributed by atoms with Gasteiger partial charge in [-0.25, -0.2) is 0 Å². The summed E-state index contributed by atoms with van der Waals surface area (Å²) in [5, 5.41) is 3.01. The van der Waals surface area contributed by atoms with Crippen LogP contribution in [0.5, 0.6) is 0 Å². The van der Waals surface area contributed by atoms with Gasteiger partial charge in [-0.15, -0.1) is 0 Å². The highest BCUT2D eigenvalue weighted by molar-refractivity contribution is 5.69. The highest BCUT2D eigenvalue weighted by Crippen LogP contribution is 1.89. The number of hydrogen-bond donors (Lipinski definition) is 1. The van der Waals surface area contributed by atoms with Crippen molar-refractivity contribution in [3.8, 4) is 0 Å². The first kappa shape index (κ1) is 26.2. The maximum Gasteiger partial charge on any atom is 0.308 e. The molecular formula is C18H37NO8. The fourth-order valence-electron chi connectivity index (χ4n) is 1.76. The Bertz CT molecular complexity index is 307. The number of carbonyl (C=O) groups is 1. The summed E-state index contributed by atoms with van der Waals surface area (Å²) in [7, 11) is 1.89. The highest BCUT2D eigenvalue weighted by Gasteiger charge is 2.00. The standard InChI is InChI=1S/C18H37NO8/c1-3-27-18(20)4-6-21-8-10-23-12-14-25-16-17-26-15-13-24-11-9-22-7-5-19-2/h19H,3-17H2,1-2H3. The molecule has 0 heterocycles. The lowest BCUT2D eigenvalue weighted by molar-refractivity contribution is -0.144. The molecule has 0 bridgehead atoms. The van der Waals surface area contributed by atoms with Crippen molar-refractivity contribution in [2.45, 2.75) is 13.3 Å². The zero-order valence-corrected chi connectivity index (χ0v) is 16.9. The summed E-state index contributed by atoms with van der Waals surface area (Å²) in [6.07, 6.45) is 0.270. The average Bonchev–Trinajstić information content (AvgIpc) is 2.66. The summed E-state index contributed by atoms with van der Waals surface area (Å²) in [4.78, 5) is 11.1. The smallest absolute Gasteiger partial charge is 0.308 e. The Hall–Kier alpha value is -0.810. The first-order chi connectivity index (χ1) is 13.3. The van der Waals surface area contributed by atoms with Gasteiger partial charge in [0.2, 0.25) is 0 Å². The highest BCUT2D eigenvalue weighted by atomic mass is 16.6. The van der Waals surface area contributed by atoms with Crippen LogP contribution >= 0.6 is 0 Å². The molecule has 0 aromatic carbocycles. The van der Waals surface area contributed by atoms with Gasteiger partial charge >= 0.3 is 5.97 Å². The molecule has 0 aliphatic carbocycles. The second kappa shape index (κ2) is 23.2. The molecule has 0 aromatic rings. The molecule has 0 rings (SSSR count). The lowest BCUT2D eigenvalue weighted by atomic mass is 10.5. The fraction of sp³-hybridized carbons (Fsp3) is 0.944. The summed E-state index contributed by atoms with van der Waals surface area (Å²) < 4.78 is 36.9. The molecule has 27 heavy (non-hydrogen) atoms. The van der Waals surface area contributed by atoms with Gasteiger partial charge in [-0.1, -0.05) is 0 Å². The molecule has 0 aliphatic heterocycles. The lowest BCUT2D eigenvalue weighted by Gasteiger charge is -2.08. The van der Waals surface area contributed by atoms with Crippen molar-refractivity contribution in [3.05, 3.63) is 0 Å². The van der Waals surface area contributed by atoms with Crippen LogP contribution < -0.4 is 5.32 Å². The van der Waals surface area contributed by atoms with E-state index in [-0.39, 0.29) is 12.4 Å². The monoisotopic (exact) mass is 395 g/mol. The van der Waals surface area contributed by atoms with Crippen LogP contribution in [0.25, 0.3) is 0 Å². The van der Waals surface area contributed by atoms with E-state index in [1.165, 1.54) is 0 Å². The molecule has 0 saturated carbocycles. The van der Waals surface area contributed by atoms with E-state index in [4.69, 9.17) is 33.2 Å². The van der Waals surface area contributed by atoms with Gasteiger partial charge in [0.15, 0.2) is 0 Å². The third kappa shape index (κ3) is 23.2. The van der Waals surface area contributed by atoms with Crippen LogP contribution in [-0.4, -0.2) is 105 Å². The molecule has 9 heteroatoms. The topological polar surface area (TPSA) is 93.7 Å². The molecular weight excluding hydrogens is 358 g/mol. The SMILES string of the molecule is CCOC(=O)CCOCCOCCOCCOCCOCCOCCNC. The predicted molar refractivity (Wildman–Crippen MR) is 100 cm³/mol. The van der Waals surface area contributed by atoms with Crippen LogP contribution in [0.15, 0.2) is 0 Å². The lowest BCUT2D eigenvalue weighted by Crippen LogP contribution is -2.17. The van der Waals surface area contributed by atoms with Gasteiger partial charge in [0.05, 0.1) is 92.3 Å². The van der Waals surface area contributed by atoms with E-state index in [1.54, 1.807) is 6.92 Å². The van der Waals surface area contributed by atoms with Crippen LogP contribution in [0.2, 0.25) is 0 Å². The maximum atomic E-state index is 11.1. The van der Waals surface area contributed by atoms with Crippen LogP contribution in [-0.2, 0) is 38.0 Å². The van der Waals surface area contributed by atoms with E-state index in [2.05, 4.69) is 5.32 Å².